The van der Waals surface area contributed by atoms with Crippen LogP contribution in [-0.4, -0.2) is 20.0 Å². The van der Waals surface area contributed by atoms with Crippen LogP contribution in [-0.2, 0) is 21.4 Å². The molecule has 1 aromatic heterocycles. The molecular formula is C25H31N3O4S. The Morgan fingerprint density at radius 2 is 1.70 bits per heavy atom. The predicted molar refractivity (Wildman–Crippen MR) is 125 cm³/mol. The molecule has 2 aromatic rings. The number of rotatable bonds is 8. The molecule has 4 aliphatic carbocycles. The van der Waals surface area contributed by atoms with E-state index in [2.05, 4.69) is 15.2 Å². The van der Waals surface area contributed by atoms with E-state index in [0.717, 1.165) is 23.3 Å². The van der Waals surface area contributed by atoms with Crippen LogP contribution in [0.3, 0.4) is 0 Å². The molecule has 0 unspecified atom stereocenters. The summed E-state index contributed by atoms with van der Waals surface area (Å²) in [6, 6.07) is 9.90. The fourth-order valence-corrected chi connectivity index (χ4v) is 7.63. The lowest BCUT2D eigenvalue weighted by molar-refractivity contribution is -0.129. The first-order valence-corrected chi connectivity index (χ1v) is 13.2. The van der Waals surface area contributed by atoms with Gasteiger partial charge in [0.15, 0.2) is 0 Å². The Morgan fingerprint density at radius 3 is 2.27 bits per heavy atom. The first-order valence-electron chi connectivity index (χ1n) is 11.8. The number of sulfonamides is 1. The van der Waals surface area contributed by atoms with E-state index < -0.39 is 10.0 Å². The zero-order valence-corrected chi connectivity index (χ0v) is 19.7. The number of hydrazone groups is 1. The molecule has 33 heavy (non-hydrogen) atoms. The van der Waals surface area contributed by atoms with Gasteiger partial charge in [0.2, 0.25) is 15.9 Å². The SMILES string of the molecule is C/C(=N/NC(=O)CC12CC3CC(CC(C3)C1)C2)c1ccc(S(=O)(=O)NCc2ccco2)cc1. The van der Waals surface area contributed by atoms with Crippen molar-refractivity contribution >= 4 is 21.6 Å². The van der Waals surface area contributed by atoms with Crippen LogP contribution in [0, 0.1) is 23.2 Å². The first kappa shape index (κ1) is 22.3. The number of hydrogen-bond acceptors (Lipinski definition) is 5. The van der Waals surface area contributed by atoms with Crippen LogP contribution >= 0.6 is 0 Å². The second-order valence-electron chi connectivity index (χ2n) is 10.3. The fourth-order valence-electron chi connectivity index (χ4n) is 6.64. The maximum Gasteiger partial charge on any atom is 0.240 e. The molecule has 8 heteroatoms. The second-order valence-corrected chi connectivity index (χ2v) is 12.0. The van der Waals surface area contributed by atoms with E-state index in [1.54, 1.807) is 24.3 Å². The normalized spacial score (nSPS) is 28.8. The fraction of sp³-hybridized carbons (Fsp3) is 0.520. The van der Waals surface area contributed by atoms with Gasteiger partial charge in [0, 0.05) is 6.42 Å². The lowest BCUT2D eigenvalue weighted by Crippen LogP contribution is -2.47. The maximum atomic E-state index is 12.7. The van der Waals surface area contributed by atoms with Crippen molar-refractivity contribution in [2.24, 2.45) is 28.3 Å². The lowest BCUT2D eigenvalue weighted by Gasteiger charge is -2.56. The summed E-state index contributed by atoms with van der Waals surface area (Å²) in [5.74, 6) is 2.98. The summed E-state index contributed by atoms with van der Waals surface area (Å²) in [5, 5.41) is 4.29. The van der Waals surface area contributed by atoms with Crippen LogP contribution in [0.5, 0.6) is 0 Å². The van der Waals surface area contributed by atoms with Crippen LogP contribution in [0.1, 0.15) is 63.2 Å². The monoisotopic (exact) mass is 469 g/mol. The third-order valence-corrected chi connectivity index (χ3v) is 9.06. The van der Waals surface area contributed by atoms with Gasteiger partial charge < -0.3 is 4.42 Å². The van der Waals surface area contributed by atoms with Gasteiger partial charge in [-0.3, -0.25) is 4.79 Å². The van der Waals surface area contributed by atoms with Crippen LogP contribution in [0.15, 0.2) is 57.1 Å². The average Bonchev–Trinajstić information content (AvgIpc) is 3.29. The Kier molecular flexibility index (Phi) is 5.91. The molecule has 1 heterocycles. The summed E-state index contributed by atoms with van der Waals surface area (Å²) in [6.45, 7) is 1.90. The average molecular weight is 470 g/mol. The molecule has 0 saturated heterocycles. The van der Waals surface area contributed by atoms with Crippen molar-refractivity contribution in [3.8, 4) is 0 Å². The molecule has 4 saturated carbocycles. The lowest BCUT2D eigenvalue weighted by atomic mass is 9.49. The maximum absolute atomic E-state index is 12.7. The van der Waals surface area contributed by atoms with E-state index in [9.17, 15) is 13.2 Å². The molecule has 0 atom stereocenters. The molecule has 4 aliphatic rings. The zero-order valence-electron chi connectivity index (χ0n) is 18.9. The largest absolute Gasteiger partial charge is 0.468 e. The molecule has 1 aromatic carbocycles. The van der Waals surface area contributed by atoms with E-state index in [4.69, 9.17) is 4.42 Å². The number of carbonyl (C=O) groups excluding carboxylic acids is 1. The topological polar surface area (TPSA) is 101 Å². The van der Waals surface area contributed by atoms with E-state index in [-0.39, 0.29) is 22.8 Å². The first-order chi connectivity index (χ1) is 15.8. The van der Waals surface area contributed by atoms with Gasteiger partial charge in [-0.1, -0.05) is 12.1 Å². The predicted octanol–water partition coefficient (Wildman–Crippen LogP) is 4.20. The van der Waals surface area contributed by atoms with Gasteiger partial charge in [0.25, 0.3) is 0 Å². The van der Waals surface area contributed by atoms with Crippen LogP contribution in [0.25, 0.3) is 0 Å². The highest BCUT2D eigenvalue weighted by atomic mass is 32.2. The van der Waals surface area contributed by atoms with Gasteiger partial charge >= 0.3 is 0 Å². The van der Waals surface area contributed by atoms with Crippen molar-refractivity contribution in [2.45, 2.75) is 63.3 Å². The molecule has 1 amide bonds. The van der Waals surface area contributed by atoms with Crippen LogP contribution < -0.4 is 10.1 Å². The smallest absolute Gasteiger partial charge is 0.240 e. The Morgan fingerprint density at radius 1 is 1.06 bits per heavy atom. The molecule has 4 bridgehead atoms. The summed E-state index contributed by atoms with van der Waals surface area (Å²) in [6.07, 6.45) is 9.73. The van der Waals surface area contributed by atoms with Crippen LogP contribution in [0.2, 0.25) is 0 Å². The van der Waals surface area contributed by atoms with Crippen molar-refractivity contribution in [2.75, 3.05) is 0 Å². The van der Waals surface area contributed by atoms with Crippen molar-refractivity contribution in [3.63, 3.8) is 0 Å². The highest BCUT2D eigenvalue weighted by Crippen LogP contribution is 2.61. The molecule has 7 nitrogen and oxygen atoms in total. The van der Waals surface area contributed by atoms with E-state index >= 15 is 0 Å². The third kappa shape index (κ3) is 4.92. The Labute approximate surface area is 195 Å². The number of benzene rings is 1. The highest BCUT2D eigenvalue weighted by molar-refractivity contribution is 7.89. The third-order valence-electron chi connectivity index (χ3n) is 7.65. The molecule has 0 spiro atoms. The highest BCUT2D eigenvalue weighted by Gasteiger charge is 2.51. The van der Waals surface area contributed by atoms with Crippen molar-refractivity contribution in [3.05, 3.63) is 54.0 Å². The number of carbonyl (C=O) groups is 1. The van der Waals surface area contributed by atoms with Gasteiger partial charge in [-0.25, -0.2) is 18.6 Å². The number of hydrogen-bond donors (Lipinski definition) is 2. The van der Waals surface area contributed by atoms with Crippen LogP contribution in [0.4, 0.5) is 0 Å². The Bertz CT molecular complexity index is 1100. The summed E-state index contributed by atoms with van der Waals surface area (Å²) in [7, 11) is -3.65. The minimum atomic E-state index is -3.65. The summed E-state index contributed by atoms with van der Waals surface area (Å²) in [4.78, 5) is 12.9. The summed E-state index contributed by atoms with van der Waals surface area (Å²) in [5.41, 5.74) is 4.33. The standard InChI is InChI=1S/C25H31N3O4S/c1-17(21-4-6-23(7-5-21)33(30,31)26-16-22-3-2-8-32-22)27-28-24(29)15-25-12-18-9-19(13-25)11-20(10-18)14-25/h2-8,18-20,26H,9-16H2,1H3,(H,28,29)/b27-17-. The van der Waals surface area contributed by atoms with Gasteiger partial charge in [0.05, 0.1) is 23.4 Å². The van der Waals surface area contributed by atoms with Gasteiger partial charge in [0.1, 0.15) is 5.76 Å². The second kappa shape index (κ2) is 8.72. The van der Waals surface area contributed by atoms with Crippen molar-refractivity contribution < 1.29 is 17.6 Å². The van der Waals surface area contributed by atoms with Gasteiger partial charge in [-0.05, 0) is 98.4 Å². The van der Waals surface area contributed by atoms with E-state index in [1.807, 2.05) is 6.92 Å². The van der Waals surface area contributed by atoms with Crippen molar-refractivity contribution in [1.82, 2.24) is 10.1 Å². The molecule has 0 aliphatic heterocycles. The number of furan rings is 1. The van der Waals surface area contributed by atoms with Gasteiger partial charge in [-0.2, -0.15) is 5.10 Å². The zero-order chi connectivity index (χ0) is 23.1. The molecule has 4 fully saturated rings. The van der Waals surface area contributed by atoms with Gasteiger partial charge in [-0.15, -0.1) is 0 Å². The molecule has 2 N–H and O–H groups in total. The Balaban J connectivity index is 1.17. The number of amides is 1. The molecule has 0 radical (unpaired) electrons. The number of nitrogens with zero attached hydrogens (tertiary/aromatic N) is 1. The molecular weight excluding hydrogens is 438 g/mol. The molecule has 176 valence electrons. The Hall–Kier alpha value is -2.45. The minimum absolute atomic E-state index is 0.0161. The minimum Gasteiger partial charge on any atom is -0.468 e. The quantitative estimate of drug-likeness (QED) is 0.447. The molecule has 6 rings (SSSR count). The summed E-state index contributed by atoms with van der Waals surface area (Å²) >= 11 is 0. The van der Waals surface area contributed by atoms with Crippen molar-refractivity contribution in [1.29, 1.82) is 0 Å². The van der Waals surface area contributed by atoms with E-state index in [0.29, 0.717) is 17.9 Å². The van der Waals surface area contributed by atoms with E-state index in [1.165, 1.54) is 56.9 Å². The summed E-state index contributed by atoms with van der Waals surface area (Å²) < 4.78 is 32.7. The number of nitrogens with one attached hydrogen (secondary N) is 2.